The zero-order chi connectivity index (χ0) is 19.2. The molecule has 0 bridgehead atoms. The molecule has 3 aromatic rings. The zero-order valence-electron chi connectivity index (χ0n) is 16.3. The van der Waals surface area contributed by atoms with Gasteiger partial charge >= 0.3 is 0 Å². The highest BCUT2D eigenvalue weighted by Gasteiger charge is 2.20. The Kier molecular flexibility index (Phi) is 5.92. The van der Waals surface area contributed by atoms with E-state index in [4.69, 9.17) is 4.98 Å². The zero-order valence-corrected chi connectivity index (χ0v) is 16.3. The molecule has 0 amide bonds. The van der Waals surface area contributed by atoms with Crippen LogP contribution in [0.15, 0.2) is 48.8 Å². The molecule has 1 saturated heterocycles. The van der Waals surface area contributed by atoms with Crippen molar-refractivity contribution in [3.05, 3.63) is 54.5 Å². The number of benzene rings is 1. The Balaban J connectivity index is 1.29. The third-order valence-corrected chi connectivity index (χ3v) is 5.16. The Morgan fingerprint density at radius 1 is 1.11 bits per heavy atom. The Morgan fingerprint density at radius 2 is 1.93 bits per heavy atom. The average molecular weight is 377 g/mol. The molecular weight excluding hydrogens is 350 g/mol. The fraction of sp³-hybridized carbons (Fsp3) is 0.429. The van der Waals surface area contributed by atoms with Crippen LogP contribution in [0.1, 0.15) is 25.0 Å². The van der Waals surface area contributed by atoms with Crippen molar-refractivity contribution >= 4 is 5.82 Å². The van der Waals surface area contributed by atoms with Crippen molar-refractivity contribution in [1.29, 1.82) is 0 Å². The van der Waals surface area contributed by atoms with Crippen LogP contribution in [0.2, 0.25) is 0 Å². The van der Waals surface area contributed by atoms with Gasteiger partial charge in [0.15, 0.2) is 5.82 Å². The van der Waals surface area contributed by atoms with Crippen LogP contribution in [0.5, 0.6) is 0 Å². The molecule has 28 heavy (non-hydrogen) atoms. The van der Waals surface area contributed by atoms with Crippen molar-refractivity contribution in [3.63, 3.8) is 0 Å². The summed E-state index contributed by atoms with van der Waals surface area (Å²) in [6.45, 7) is 6.00. The van der Waals surface area contributed by atoms with Gasteiger partial charge in [0.1, 0.15) is 5.82 Å². The van der Waals surface area contributed by atoms with Crippen LogP contribution in [0.4, 0.5) is 5.82 Å². The molecule has 0 unspecified atom stereocenters. The van der Waals surface area contributed by atoms with Gasteiger partial charge in [0, 0.05) is 49.2 Å². The molecule has 7 nitrogen and oxygen atoms in total. The lowest BCUT2D eigenvalue weighted by atomic mass is 10.0. The largest absolute Gasteiger partial charge is 0.356 e. The first-order valence-corrected chi connectivity index (χ1v) is 10.0. The van der Waals surface area contributed by atoms with E-state index in [1.54, 1.807) is 6.20 Å². The summed E-state index contributed by atoms with van der Waals surface area (Å²) in [5, 5.41) is 11.5. The lowest BCUT2D eigenvalue weighted by Gasteiger charge is -2.33. The summed E-state index contributed by atoms with van der Waals surface area (Å²) in [6, 6.07) is 12.9. The molecule has 0 saturated carbocycles. The van der Waals surface area contributed by atoms with Crippen LogP contribution in [0.3, 0.4) is 0 Å². The predicted molar refractivity (Wildman–Crippen MR) is 110 cm³/mol. The number of aromatic nitrogens is 5. The maximum absolute atomic E-state index is 4.84. The topological polar surface area (TPSA) is 71.8 Å². The second-order valence-corrected chi connectivity index (χ2v) is 7.29. The van der Waals surface area contributed by atoms with Crippen LogP contribution in [-0.4, -0.2) is 50.6 Å². The van der Waals surface area contributed by atoms with Crippen molar-refractivity contribution in [2.45, 2.75) is 38.8 Å². The van der Waals surface area contributed by atoms with Crippen LogP contribution < -0.4 is 10.2 Å². The number of hydrogen-bond acceptors (Lipinski definition) is 6. The summed E-state index contributed by atoms with van der Waals surface area (Å²) in [5.41, 5.74) is 2.08. The van der Waals surface area contributed by atoms with E-state index in [1.807, 2.05) is 36.0 Å². The molecule has 1 fully saturated rings. The molecule has 3 heterocycles. The van der Waals surface area contributed by atoms with E-state index in [1.165, 1.54) is 0 Å². The molecule has 4 rings (SSSR count). The second kappa shape index (κ2) is 8.93. The number of hydrogen-bond donors (Lipinski definition) is 1. The highest BCUT2D eigenvalue weighted by Crippen LogP contribution is 2.22. The summed E-state index contributed by atoms with van der Waals surface area (Å²) in [5.74, 6) is 1.85. The molecule has 1 aliphatic heterocycles. The van der Waals surface area contributed by atoms with E-state index in [2.05, 4.69) is 43.7 Å². The van der Waals surface area contributed by atoms with E-state index < -0.39 is 0 Å². The minimum atomic E-state index is 0.573. The molecule has 0 spiro atoms. The van der Waals surface area contributed by atoms with Crippen molar-refractivity contribution < 1.29 is 0 Å². The second-order valence-electron chi connectivity index (χ2n) is 7.29. The van der Waals surface area contributed by atoms with Crippen molar-refractivity contribution in [1.82, 2.24) is 30.3 Å². The van der Waals surface area contributed by atoms with Gasteiger partial charge in [0.05, 0.1) is 6.20 Å². The first-order valence-electron chi connectivity index (χ1n) is 10.0. The molecule has 1 N–H and O–H groups in total. The number of anilines is 1. The van der Waals surface area contributed by atoms with Crippen LogP contribution in [0.25, 0.3) is 11.4 Å². The van der Waals surface area contributed by atoms with Gasteiger partial charge < -0.3 is 10.2 Å². The van der Waals surface area contributed by atoms with Gasteiger partial charge in [0.25, 0.3) is 0 Å². The Hall–Kier alpha value is -2.80. The van der Waals surface area contributed by atoms with Crippen molar-refractivity contribution in [3.8, 4) is 11.4 Å². The lowest BCUT2D eigenvalue weighted by molar-refractivity contribution is 0.402. The normalized spacial score (nSPS) is 15.1. The van der Waals surface area contributed by atoms with E-state index in [-0.39, 0.29) is 0 Å². The fourth-order valence-corrected chi connectivity index (χ4v) is 3.64. The van der Waals surface area contributed by atoms with Gasteiger partial charge in [-0.05, 0) is 32.7 Å². The number of nitrogens with zero attached hydrogens (tertiary/aromatic N) is 6. The maximum atomic E-state index is 4.84. The maximum Gasteiger partial charge on any atom is 0.161 e. The first-order chi connectivity index (χ1) is 13.8. The summed E-state index contributed by atoms with van der Waals surface area (Å²) in [6.07, 6.45) is 6.96. The third-order valence-electron chi connectivity index (χ3n) is 5.16. The molecule has 7 heteroatoms. The van der Waals surface area contributed by atoms with E-state index in [0.29, 0.717) is 6.04 Å². The molecular formula is C21H27N7. The van der Waals surface area contributed by atoms with Crippen molar-refractivity contribution in [2.24, 2.45) is 0 Å². The van der Waals surface area contributed by atoms with E-state index in [0.717, 1.165) is 68.3 Å². The van der Waals surface area contributed by atoms with E-state index >= 15 is 0 Å². The minimum Gasteiger partial charge on any atom is -0.356 e. The molecule has 0 aliphatic carbocycles. The van der Waals surface area contributed by atoms with E-state index in [9.17, 15) is 0 Å². The summed E-state index contributed by atoms with van der Waals surface area (Å²) in [7, 11) is 0. The summed E-state index contributed by atoms with van der Waals surface area (Å²) < 4.78 is 1.88. The standard InChI is InChI=1S/C21H27N7/c1-17-16-20(25-21(24-17)18-6-3-2-4-7-18)27-13-8-19(9-14-27)22-10-5-12-28-15-11-23-26-28/h2-4,6-7,11,15-16,19,22H,5,8-10,12-14H2,1H3. The Morgan fingerprint density at radius 3 is 2.68 bits per heavy atom. The minimum absolute atomic E-state index is 0.573. The van der Waals surface area contributed by atoms with Gasteiger partial charge in [-0.2, -0.15) is 0 Å². The van der Waals surface area contributed by atoms with Crippen LogP contribution >= 0.6 is 0 Å². The van der Waals surface area contributed by atoms with Crippen LogP contribution in [0, 0.1) is 6.92 Å². The molecule has 1 aliphatic rings. The van der Waals surface area contributed by atoms with Gasteiger partial charge in [-0.25, -0.2) is 9.97 Å². The molecule has 0 radical (unpaired) electrons. The highest BCUT2D eigenvalue weighted by atomic mass is 15.4. The van der Waals surface area contributed by atoms with Crippen LogP contribution in [-0.2, 0) is 6.54 Å². The van der Waals surface area contributed by atoms with Gasteiger partial charge in [-0.3, -0.25) is 4.68 Å². The number of aryl methyl sites for hydroxylation is 2. The smallest absolute Gasteiger partial charge is 0.161 e. The van der Waals surface area contributed by atoms with Crippen molar-refractivity contribution in [2.75, 3.05) is 24.5 Å². The van der Waals surface area contributed by atoms with Gasteiger partial charge in [0.2, 0.25) is 0 Å². The Bertz CT molecular complexity index is 856. The lowest BCUT2D eigenvalue weighted by Crippen LogP contribution is -2.43. The molecule has 146 valence electrons. The molecule has 0 atom stereocenters. The number of rotatable bonds is 7. The van der Waals surface area contributed by atoms with Gasteiger partial charge in [-0.1, -0.05) is 35.5 Å². The average Bonchev–Trinajstić information content (AvgIpc) is 3.25. The molecule has 2 aromatic heterocycles. The quantitative estimate of drug-likeness (QED) is 0.638. The monoisotopic (exact) mass is 377 g/mol. The Labute approximate surface area is 165 Å². The SMILES string of the molecule is Cc1cc(N2CCC(NCCCn3ccnn3)CC2)nc(-c2ccccc2)n1. The third kappa shape index (κ3) is 4.72. The summed E-state index contributed by atoms with van der Waals surface area (Å²) >= 11 is 0. The predicted octanol–water partition coefficient (Wildman–Crippen LogP) is 2.69. The fourth-order valence-electron chi connectivity index (χ4n) is 3.64. The van der Waals surface area contributed by atoms with Gasteiger partial charge in [-0.15, -0.1) is 5.10 Å². The number of piperidine rings is 1. The highest BCUT2D eigenvalue weighted by molar-refractivity contribution is 5.57. The summed E-state index contributed by atoms with van der Waals surface area (Å²) in [4.78, 5) is 11.8. The molecule has 1 aromatic carbocycles. The number of nitrogens with one attached hydrogen (secondary N) is 1. The first kappa shape index (κ1) is 18.6.